The van der Waals surface area contributed by atoms with Gasteiger partial charge in [-0.05, 0) is 104 Å². The van der Waals surface area contributed by atoms with Crippen LogP contribution in [0.15, 0.2) is 203 Å². The van der Waals surface area contributed by atoms with Gasteiger partial charge in [0.25, 0.3) is 0 Å². The van der Waals surface area contributed by atoms with Crippen LogP contribution in [0.2, 0.25) is 0 Å². The molecule has 0 N–H and O–H groups in total. The Morgan fingerprint density at radius 2 is 1.18 bits per heavy atom. The SMILES string of the molecule is C=C/C=c1/cccc/c1=C\c1ccc(N(c2ccccc2-c2ccc3oc4cc5ccccc5cc4c3c2)c2cccc3oc4c5ccccc5ccc4c23)cc1. The fourth-order valence-electron chi connectivity index (χ4n) is 8.49. The number of para-hydroxylation sites is 1. The molecule has 0 aliphatic rings. The molecule has 268 valence electrons. The first-order valence-electron chi connectivity index (χ1n) is 19.3. The Kier molecular flexibility index (Phi) is 7.65. The zero-order chi connectivity index (χ0) is 37.9. The zero-order valence-electron chi connectivity index (χ0n) is 31.0. The van der Waals surface area contributed by atoms with Gasteiger partial charge in [-0.1, -0.05) is 140 Å². The molecule has 0 aliphatic heterocycles. The molecule has 0 saturated carbocycles. The van der Waals surface area contributed by atoms with Crippen LogP contribution in [-0.2, 0) is 0 Å². The number of allylic oxidation sites excluding steroid dienone is 1. The van der Waals surface area contributed by atoms with Gasteiger partial charge in [-0.25, -0.2) is 0 Å². The van der Waals surface area contributed by atoms with E-state index in [9.17, 15) is 0 Å². The van der Waals surface area contributed by atoms with E-state index in [1.807, 2.05) is 12.2 Å². The normalized spacial score (nSPS) is 12.5. The van der Waals surface area contributed by atoms with E-state index in [1.54, 1.807) is 0 Å². The standard InChI is InChI=1S/C54H35NO2/c1-2-12-36-13-3-4-15-38(36)31-35-23-27-42(28-24-35)55(49-21-11-22-51-53(49)45-29-25-37-14-7-8-19-44(37)54(45)57-51)48-20-10-9-18-43(48)41-26-30-50-46(33-41)47-32-39-16-5-6-17-40(39)34-52(47)56-50/h2-34H,1H2/b36-12-,38-31+. The second kappa shape index (κ2) is 13.3. The summed E-state index contributed by atoms with van der Waals surface area (Å²) in [6.45, 7) is 3.92. The maximum absolute atomic E-state index is 6.72. The monoisotopic (exact) mass is 729 g/mol. The fourth-order valence-corrected chi connectivity index (χ4v) is 8.49. The molecule has 0 aliphatic carbocycles. The molecule has 0 fully saturated rings. The highest BCUT2D eigenvalue weighted by Gasteiger charge is 2.23. The molecule has 11 aromatic rings. The van der Waals surface area contributed by atoms with Crippen molar-refractivity contribution < 1.29 is 8.83 Å². The van der Waals surface area contributed by atoms with E-state index in [4.69, 9.17) is 8.83 Å². The molecule has 57 heavy (non-hydrogen) atoms. The van der Waals surface area contributed by atoms with Crippen molar-refractivity contribution in [2.24, 2.45) is 0 Å². The number of rotatable bonds is 6. The number of benzene rings is 9. The zero-order valence-corrected chi connectivity index (χ0v) is 31.0. The lowest BCUT2D eigenvalue weighted by Crippen LogP contribution is -2.23. The van der Waals surface area contributed by atoms with Gasteiger partial charge >= 0.3 is 0 Å². The molecule has 3 nitrogen and oxygen atoms in total. The molecule has 11 rings (SSSR count). The largest absolute Gasteiger partial charge is 0.456 e. The summed E-state index contributed by atoms with van der Waals surface area (Å²) in [5.74, 6) is 0. The van der Waals surface area contributed by atoms with Gasteiger partial charge in [0.05, 0.1) is 16.8 Å². The van der Waals surface area contributed by atoms with Gasteiger partial charge in [0.1, 0.15) is 22.3 Å². The van der Waals surface area contributed by atoms with Crippen LogP contribution in [0.25, 0.3) is 88.7 Å². The maximum atomic E-state index is 6.72. The summed E-state index contributed by atoms with van der Waals surface area (Å²) in [6, 6.07) is 64.6. The Labute approximate surface area is 328 Å². The molecule has 0 saturated heterocycles. The predicted octanol–water partition coefficient (Wildman–Crippen LogP) is 13.7. The molecule has 0 amide bonds. The van der Waals surface area contributed by atoms with E-state index in [-0.39, 0.29) is 0 Å². The van der Waals surface area contributed by atoms with Crippen LogP contribution in [-0.4, -0.2) is 0 Å². The van der Waals surface area contributed by atoms with Crippen LogP contribution in [0.5, 0.6) is 0 Å². The first-order chi connectivity index (χ1) is 28.2. The van der Waals surface area contributed by atoms with Crippen LogP contribution in [0, 0.1) is 0 Å². The Hall–Kier alpha value is -7.62. The molecule has 0 spiro atoms. The number of hydrogen-bond acceptors (Lipinski definition) is 3. The summed E-state index contributed by atoms with van der Waals surface area (Å²) in [5, 5.41) is 11.3. The van der Waals surface area contributed by atoms with Crippen molar-refractivity contribution in [1.29, 1.82) is 0 Å². The summed E-state index contributed by atoms with van der Waals surface area (Å²) >= 11 is 0. The van der Waals surface area contributed by atoms with E-state index in [1.165, 1.54) is 10.8 Å². The van der Waals surface area contributed by atoms with Gasteiger partial charge in [-0.2, -0.15) is 0 Å². The molecule has 3 heteroatoms. The first-order valence-corrected chi connectivity index (χ1v) is 19.3. The smallest absolute Gasteiger partial charge is 0.143 e. The van der Waals surface area contributed by atoms with Crippen molar-refractivity contribution in [2.75, 3.05) is 4.90 Å². The van der Waals surface area contributed by atoms with Gasteiger partial charge < -0.3 is 13.7 Å². The molecule has 0 bridgehead atoms. The van der Waals surface area contributed by atoms with Gasteiger partial charge in [0, 0.05) is 32.8 Å². The van der Waals surface area contributed by atoms with Crippen LogP contribution < -0.4 is 15.3 Å². The molecule has 2 aromatic heterocycles. The minimum atomic E-state index is 0.847. The number of furan rings is 2. The second-order valence-corrected chi connectivity index (χ2v) is 14.5. The van der Waals surface area contributed by atoms with Crippen molar-refractivity contribution in [3.63, 3.8) is 0 Å². The van der Waals surface area contributed by atoms with E-state index in [0.29, 0.717) is 0 Å². The third-order valence-electron chi connectivity index (χ3n) is 11.2. The Morgan fingerprint density at radius 1 is 0.456 bits per heavy atom. The summed E-state index contributed by atoms with van der Waals surface area (Å²) in [4.78, 5) is 2.39. The number of anilines is 3. The van der Waals surface area contributed by atoms with Crippen LogP contribution >= 0.6 is 0 Å². The maximum Gasteiger partial charge on any atom is 0.143 e. The molecular weight excluding hydrogens is 695 g/mol. The lowest BCUT2D eigenvalue weighted by atomic mass is 9.98. The quantitative estimate of drug-likeness (QED) is 0.171. The van der Waals surface area contributed by atoms with Gasteiger partial charge in [-0.3, -0.25) is 0 Å². The topological polar surface area (TPSA) is 29.5 Å². The number of nitrogens with zero attached hydrogens (tertiary/aromatic N) is 1. The summed E-state index contributed by atoms with van der Waals surface area (Å²) in [6.07, 6.45) is 6.10. The molecule has 0 unspecified atom stereocenters. The van der Waals surface area contributed by atoms with Crippen molar-refractivity contribution in [2.45, 2.75) is 0 Å². The Morgan fingerprint density at radius 3 is 2.04 bits per heavy atom. The van der Waals surface area contributed by atoms with Gasteiger partial charge in [-0.15, -0.1) is 0 Å². The van der Waals surface area contributed by atoms with Crippen molar-refractivity contribution in [1.82, 2.24) is 0 Å². The van der Waals surface area contributed by atoms with E-state index >= 15 is 0 Å². The predicted molar refractivity (Wildman–Crippen MR) is 240 cm³/mol. The lowest BCUT2D eigenvalue weighted by Gasteiger charge is -2.28. The Bertz CT molecular complexity index is 3490. The minimum Gasteiger partial charge on any atom is -0.456 e. The number of fused-ring (bicyclic) bond motifs is 9. The summed E-state index contributed by atoms with van der Waals surface area (Å²) < 4.78 is 13.1. The van der Waals surface area contributed by atoms with Crippen molar-refractivity contribution in [3.8, 4) is 11.1 Å². The van der Waals surface area contributed by atoms with Gasteiger partial charge in [0.2, 0.25) is 0 Å². The number of hydrogen-bond donors (Lipinski definition) is 0. The third kappa shape index (κ3) is 5.51. The fraction of sp³-hybridized carbons (Fsp3) is 0. The molecular formula is C54H35NO2. The highest BCUT2D eigenvalue weighted by Crippen LogP contribution is 2.47. The minimum absolute atomic E-state index is 0.847. The van der Waals surface area contributed by atoms with E-state index in [0.717, 1.165) is 98.8 Å². The second-order valence-electron chi connectivity index (χ2n) is 14.5. The molecule has 0 radical (unpaired) electrons. The lowest BCUT2D eigenvalue weighted by molar-refractivity contribution is 0.669. The third-order valence-corrected chi connectivity index (χ3v) is 11.2. The average molecular weight is 730 g/mol. The van der Waals surface area contributed by atoms with E-state index < -0.39 is 0 Å². The van der Waals surface area contributed by atoms with Crippen molar-refractivity contribution in [3.05, 3.63) is 211 Å². The van der Waals surface area contributed by atoms with Crippen LogP contribution in [0.3, 0.4) is 0 Å². The van der Waals surface area contributed by atoms with E-state index in [2.05, 4.69) is 200 Å². The highest BCUT2D eigenvalue weighted by molar-refractivity contribution is 6.20. The van der Waals surface area contributed by atoms with Crippen LogP contribution in [0.4, 0.5) is 17.1 Å². The van der Waals surface area contributed by atoms with Crippen LogP contribution in [0.1, 0.15) is 5.56 Å². The molecule has 0 atom stereocenters. The molecule has 9 aromatic carbocycles. The average Bonchev–Trinajstić information content (AvgIpc) is 3.83. The summed E-state index contributed by atoms with van der Waals surface area (Å²) in [7, 11) is 0. The Balaban J connectivity index is 1.14. The summed E-state index contributed by atoms with van der Waals surface area (Å²) in [5.41, 5.74) is 9.97. The molecule has 2 heterocycles. The van der Waals surface area contributed by atoms with Crippen molar-refractivity contribution >= 4 is 94.6 Å². The highest BCUT2D eigenvalue weighted by atomic mass is 16.3. The first kappa shape index (κ1) is 32.8. The van der Waals surface area contributed by atoms with Gasteiger partial charge in [0.15, 0.2) is 0 Å².